The second-order valence-electron chi connectivity index (χ2n) is 7.27. The van der Waals surface area contributed by atoms with E-state index in [0.717, 1.165) is 16.9 Å². The summed E-state index contributed by atoms with van der Waals surface area (Å²) in [5.41, 5.74) is 3.32. The van der Waals surface area contributed by atoms with Gasteiger partial charge in [-0.15, -0.1) is 0 Å². The Labute approximate surface area is 192 Å². The van der Waals surface area contributed by atoms with Gasteiger partial charge in [-0.2, -0.15) is 0 Å². The number of carbonyl (C=O) groups excluding carboxylic acids is 1. The Morgan fingerprint density at radius 2 is 1.73 bits per heavy atom. The number of ether oxygens (including phenoxy) is 3. The second kappa shape index (κ2) is 10.5. The first-order valence-corrected chi connectivity index (χ1v) is 11.0. The Balaban J connectivity index is 1.70. The Kier molecular flexibility index (Phi) is 7.09. The van der Waals surface area contributed by atoms with Crippen LogP contribution in [0.15, 0.2) is 72.9 Å². The van der Waals surface area contributed by atoms with E-state index in [1.54, 1.807) is 6.92 Å². The maximum absolute atomic E-state index is 12.0. The van der Waals surface area contributed by atoms with Crippen molar-refractivity contribution < 1.29 is 19.0 Å². The lowest BCUT2D eigenvalue weighted by atomic mass is 10.1. The number of rotatable bonds is 10. The molecule has 0 saturated heterocycles. The van der Waals surface area contributed by atoms with Crippen LogP contribution in [0.1, 0.15) is 19.4 Å². The maximum atomic E-state index is 12.0. The summed E-state index contributed by atoms with van der Waals surface area (Å²) in [7, 11) is 0. The van der Waals surface area contributed by atoms with Crippen LogP contribution in [-0.4, -0.2) is 35.1 Å². The number of anilines is 1. The van der Waals surface area contributed by atoms with Gasteiger partial charge < -0.3 is 19.5 Å². The van der Waals surface area contributed by atoms with E-state index in [0.29, 0.717) is 42.7 Å². The van der Waals surface area contributed by atoms with Crippen molar-refractivity contribution in [1.82, 2.24) is 9.38 Å². The number of pyridine rings is 1. The highest BCUT2D eigenvalue weighted by atomic mass is 16.5. The molecule has 0 aliphatic rings. The first-order valence-electron chi connectivity index (χ1n) is 11.0. The summed E-state index contributed by atoms with van der Waals surface area (Å²) in [4.78, 5) is 16.9. The second-order valence-corrected chi connectivity index (χ2v) is 7.27. The number of aromatic nitrogens is 2. The fourth-order valence-electron chi connectivity index (χ4n) is 3.50. The molecule has 33 heavy (non-hydrogen) atoms. The van der Waals surface area contributed by atoms with Gasteiger partial charge in [0.15, 0.2) is 11.4 Å². The molecule has 2 aromatic heterocycles. The topological polar surface area (TPSA) is 74.1 Å². The van der Waals surface area contributed by atoms with Gasteiger partial charge >= 0.3 is 5.97 Å². The van der Waals surface area contributed by atoms with Crippen molar-refractivity contribution >= 4 is 17.4 Å². The van der Waals surface area contributed by atoms with Crippen LogP contribution in [0.5, 0.6) is 11.5 Å². The summed E-state index contributed by atoms with van der Waals surface area (Å²) in [6.07, 6.45) is 1.89. The summed E-state index contributed by atoms with van der Waals surface area (Å²) in [5.74, 6) is 1.80. The molecule has 4 rings (SSSR count). The van der Waals surface area contributed by atoms with E-state index >= 15 is 0 Å². The zero-order valence-electron chi connectivity index (χ0n) is 18.8. The molecule has 0 saturated carbocycles. The lowest BCUT2D eigenvalue weighted by Gasteiger charge is -2.10. The summed E-state index contributed by atoms with van der Waals surface area (Å²) >= 11 is 0. The van der Waals surface area contributed by atoms with Crippen LogP contribution in [0, 0.1) is 0 Å². The average molecular weight is 446 g/mol. The third kappa shape index (κ3) is 5.26. The standard InChI is InChI=1S/C26H27N3O4/c1-3-31-21-14-12-20(13-15-21)24-26(27-17-23(30)32-4-2)29-16-8-11-22(25(29)28-24)33-18-19-9-6-5-7-10-19/h5-16,27H,3-4,17-18H2,1-2H3. The normalized spacial score (nSPS) is 10.7. The van der Waals surface area contributed by atoms with Crippen LogP contribution in [0.3, 0.4) is 0 Å². The Hall–Kier alpha value is -4.00. The molecule has 2 aromatic carbocycles. The van der Waals surface area contributed by atoms with Crippen LogP contribution in [0.25, 0.3) is 16.9 Å². The Bertz CT molecular complexity index is 1200. The van der Waals surface area contributed by atoms with E-state index in [1.165, 1.54) is 0 Å². The molecule has 0 aliphatic heterocycles. The number of nitrogens with one attached hydrogen (secondary N) is 1. The number of benzene rings is 2. The van der Waals surface area contributed by atoms with E-state index in [9.17, 15) is 4.79 Å². The highest BCUT2D eigenvalue weighted by molar-refractivity contribution is 5.82. The lowest BCUT2D eigenvalue weighted by Crippen LogP contribution is -2.17. The van der Waals surface area contributed by atoms with Crippen LogP contribution in [-0.2, 0) is 16.1 Å². The van der Waals surface area contributed by atoms with Crippen molar-refractivity contribution in [3.63, 3.8) is 0 Å². The van der Waals surface area contributed by atoms with Gasteiger partial charge in [-0.05, 0) is 55.8 Å². The van der Waals surface area contributed by atoms with Crippen LogP contribution >= 0.6 is 0 Å². The lowest BCUT2D eigenvalue weighted by molar-refractivity contribution is -0.140. The summed E-state index contributed by atoms with van der Waals surface area (Å²) in [6, 6.07) is 21.5. The summed E-state index contributed by atoms with van der Waals surface area (Å²) < 4.78 is 18.6. The molecular weight excluding hydrogens is 418 g/mol. The number of esters is 1. The monoisotopic (exact) mass is 445 g/mol. The number of imidazole rings is 1. The molecule has 4 aromatic rings. The van der Waals surface area contributed by atoms with Gasteiger partial charge in [-0.25, -0.2) is 4.98 Å². The van der Waals surface area contributed by atoms with E-state index < -0.39 is 0 Å². The summed E-state index contributed by atoms with van der Waals surface area (Å²) in [6.45, 7) is 5.12. The molecule has 170 valence electrons. The van der Waals surface area contributed by atoms with Crippen molar-refractivity contribution in [3.8, 4) is 22.8 Å². The van der Waals surface area contributed by atoms with Crippen LogP contribution in [0.4, 0.5) is 5.82 Å². The molecule has 0 bridgehead atoms. The van der Waals surface area contributed by atoms with Crippen molar-refractivity contribution in [2.24, 2.45) is 0 Å². The fraction of sp³-hybridized carbons (Fsp3) is 0.231. The number of carbonyl (C=O) groups is 1. The minimum Gasteiger partial charge on any atom is -0.494 e. The van der Waals surface area contributed by atoms with Crippen molar-refractivity contribution in [2.45, 2.75) is 20.5 Å². The first-order chi connectivity index (χ1) is 16.2. The highest BCUT2D eigenvalue weighted by Gasteiger charge is 2.18. The number of hydrogen-bond acceptors (Lipinski definition) is 6. The van der Waals surface area contributed by atoms with E-state index in [1.807, 2.05) is 84.3 Å². The molecule has 0 atom stereocenters. The van der Waals surface area contributed by atoms with Gasteiger partial charge in [0.05, 0.1) is 13.2 Å². The molecule has 0 unspecified atom stereocenters. The predicted octanol–water partition coefficient (Wildman–Crippen LogP) is 4.95. The average Bonchev–Trinajstić information content (AvgIpc) is 3.22. The SMILES string of the molecule is CCOC(=O)CNc1c(-c2ccc(OCC)cc2)nc2c(OCc3ccccc3)cccn12. The molecule has 0 fully saturated rings. The van der Waals surface area contributed by atoms with Gasteiger partial charge in [0.25, 0.3) is 0 Å². The molecule has 7 nitrogen and oxygen atoms in total. The molecule has 7 heteroatoms. The molecule has 0 amide bonds. The van der Waals surface area contributed by atoms with E-state index in [4.69, 9.17) is 19.2 Å². The molecule has 0 radical (unpaired) electrons. The van der Waals surface area contributed by atoms with Gasteiger partial charge in [0.2, 0.25) is 0 Å². The quantitative estimate of drug-likeness (QED) is 0.348. The molecule has 2 heterocycles. The van der Waals surface area contributed by atoms with E-state index in [2.05, 4.69) is 5.32 Å². The third-order valence-electron chi connectivity index (χ3n) is 5.00. The molecule has 0 spiro atoms. The highest BCUT2D eigenvalue weighted by Crippen LogP contribution is 2.33. The number of hydrogen-bond donors (Lipinski definition) is 1. The predicted molar refractivity (Wildman–Crippen MR) is 128 cm³/mol. The first kappa shape index (κ1) is 22.2. The number of nitrogens with zero attached hydrogens (tertiary/aromatic N) is 2. The fourth-order valence-corrected chi connectivity index (χ4v) is 3.50. The van der Waals surface area contributed by atoms with Crippen LogP contribution < -0.4 is 14.8 Å². The minimum atomic E-state index is -0.332. The van der Waals surface area contributed by atoms with Gasteiger partial charge in [0, 0.05) is 11.8 Å². The Morgan fingerprint density at radius 1 is 0.939 bits per heavy atom. The molecule has 1 N–H and O–H groups in total. The van der Waals surface area contributed by atoms with Crippen LogP contribution in [0.2, 0.25) is 0 Å². The van der Waals surface area contributed by atoms with E-state index in [-0.39, 0.29) is 12.5 Å². The van der Waals surface area contributed by atoms with Crippen molar-refractivity contribution in [1.29, 1.82) is 0 Å². The van der Waals surface area contributed by atoms with Crippen molar-refractivity contribution in [2.75, 3.05) is 25.1 Å². The Morgan fingerprint density at radius 3 is 2.45 bits per heavy atom. The zero-order valence-corrected chi connectivity index (χ0v) is 18.8. The third-order valence-corrected chi connectivity index (χ3v) is 5.00. The largest absolute Gasteiger partial charge is 0.494 e. The summed E-state index contributed by atoms with van der Waals surface area (Å²) in [5, 5.41) is 3.20. The maximum Gasteiger partial charge on any atom is 0.325 e. The number of fused-ring (bicyclic) bond motifs is 1. The zero-order chi connectivity index (χ0) is 23.0. The van der Waals surface area contributed by atoms with Gasteiger partial charge in [-0.3, -0.25) is 9.20 Å². The van der Waals surface area contributed by atoms with Gasteiger partial charge in [-0.1, -0.05) is 30.3 Å². The van der Waals surface area contributed by atoms with Crippen molar-refractivity contribution in [3.05, 3.63) is 78.5 Å². The minimum absolute atomic E-state index is 0.0285. The molecular formula is C26H27N3O4. The smallest absolute Gasteiger partial charge is 0.325 e. The molecule has 0 aliphatic carbocycles. The van der Waals surface area contributed by atoms with Gasteiger partial charge in [0.1, 0.15) is 30.4 Å².